The van der Waals surface area contributed by atoms with E-state index in [1.807, 2.05) is 55.5 Å². The molecule has 0 saturated heterocycles. The average Bonchev–Trinajstić information content (AvgIpc) is 3.34. The van der Waals surface area contributed by atoms with Gasteiger partial charge in [0.25, 0.3) is 0 Å². The van der Waals surface area contributed by atoms with E-state index in [0.717, 1.165) is 16.3 Å². The van der Waals surface area contributed by atoms with Crippen LogP contribution in [-0.4, -0.2) is 31.0 Å². The number of aromatic nitrogens is 2. The molecule has 0 aliphatic heterocycles. The lowest BCUT2D eigenvalue weighted by Gasteiger charge is -2.20. The van der Waals surface area contributed by atoms with Crippen LogP contribution in [0.4, 0.5) is 0 Å². The Kier molecular flexibility index (Phi) is 6.16. The number of aryl methyl sites for hydroxylation is 1. The molecule has 5 aromatic rings. The predicted molar refractivity (Wildman–Crippen MR) is 138 cm³/mol. The van der Waals surface area contributed by atoms with Crippen LogP contribution in [0.2, 0.25) is 0 Å². The molecule has 1 aromatic heterocycles. The fourth-order valence-corrected chi connectivity index (χ4v) is 5.81. The monoisotopic (exact) mass is 496 g/mol. The molecule has 0 N–H and O–H groups in total. The van der Waals surface area contributed by atoms with Gasteiger partial charge in [-0.05, 0) is 36.1 Å². The number of hydrogen-bond acceptors (Lipinski definition) is 5. The first-order valence-corrected chi connectivity index (χ1v) is 12.9. The van der Waals surface area contributed by atoms with Crippen molar-refractivity contribution in [1.82, 2.24) is 9.55 Å². The van der Waals surface area contributed by atoms with Crippen LogP contribution >= 0.6 is 0 Å². The minimum atomic E-state index is -4.06. The Morgan fingerprint density at radius 2 is 1.53 bits per heavy atom. The van der Waals surface area contributed by atoms with Crippen LogP contribution in [0, 0.1) is 6.92 Å². The van der Waals surface area contributed by atoms with Gasteiger partial charge in [-0.15, -0.1) is 0 Å². The summed E-state index contributed by atoms with van der Waals surface area (Å²) >= 11 is 0. The Bertz CT molecular complexity index is 1650. The third-order valence-electron chi connectivity index (χ3n) is 6.22. The molecule has 5 rings (SSSR count). The maximum Gasteiger partial charge on any atom is 0.319 e. The first kappa shape index (κ1) is 23.5. The smallest absolute Gasteiger partial charge is 0.319 e. The normalized spacial score (nSPS) is 12.4. The van der Waals surface area contributed by atoms with Gasteiger partial charge in [0.1, 0.15) is 12.2 Å². The van der Waals surface area contributed by atoms with Crippen molar-refractivity contribution in [2.45, 2.75) is 22.8 Å². The summed E-state index contributed by atoms with van der Waals surface area (Å²) in [5.74, 6) is -1.60. The molecule has 0 radical (unpaired) electrons. The molecule has 4 aromatic carbocycles. The summed E-state index contributed by atoms with van der Waals surface area (Å²) < 4.78 is 34.7. The molecule has 0 fully saturated rings. The van der Waals surface area contributed by atoms with Gasteiger partial charge in [0.2, 0.25) is 9.84 Å². The van der Waals surface area contributed by atoms with Gasteiger partial charge in [-0.1, -0.05) is 84.4 Å². The summed E-state index contributed by atoms with van der Waals surface area (Å²) in [4.78, 5) is 17.8. The molecule has 180 valence electrons. The molecule has 1 heterocycles. The lowest BCUT2D eigenvalue weighted by molar-refractivity contribution is -0.141. The number of ether oxygens (including phenoxy) is 1. The third kappa shape index (κ3) is 4.07. The van der Waals surface area contributed by atoms with Crippen molar-refractivity contribution in [3.8, 4) is 5.69 Å². The highest BCUT2D eigenvalue weighted by molar-refractivity contribution is 7.91. The van der Waals surface area contributed by atoms with E-state index in [1.54, 1.807) is 53.1 Å². The summed E-state index contributed by atoms with van der Waals surface area (Å²) in [5, 5.41) is 1.69. The Morgan fingerprint density at radius 3 is 2.25 bits per heavy atom. The maximum atomic E-state index is 13.9. The highest BCUT2D eigenvalue weighted by Gasteiger charge is 2.36. The standard InChI is InChI=1S/C29H24N2O4S/c1-20-15-17-23(18-16-20)36(33,34)28-27(26(29(32)35-2)22-10-4-3-5-11-22)31(19-30-28)25-14-8-12-21-9-6-7-13-24(21)25/h3-19,26H,1-2H3. The van der Waals surface area contributed by atoms with Gasteiger partial charge in [0, 0.05) is 5.39 Å². The second-order valence-electron chi connectivity index (χ2n) is 8.49. The molecule has 1 unspecified atom stereocenters. The fourth-order valence-electron chi connectivity index (χ4n) is 4.42. The minimum Gasteiger partial charge on any atom is -0.468 e. The number of esters is 1. The van der Waals surface area contributed by atoms with Crippen LogP contribution in [0.15, 0.2) is 113 Å². The number of hydrogen-bond donors (Lipinski definition) is 0. The van der Waals surface area contributed by atoms with Crippen LogP contribution in [-0.2, 0) is 19.4 Å². The zero-order valence-electron chi connectivity index (χ0n) is 19.8. The average molecular weight is 497 g/mol. The van der Waals surface area contributed by atoms with Crippen LogP contribution < -0.4 is 0 Å². The SMILES string of the molecule is COC(=O)C(c1ccccc1)c1c(S(=O)(=O)c2ccc(C)cc2)ncn1-c1cccc2ccccc12. The molecular weight excluding hydrogens is 472 g/mol. The molecule has 0 saturated carbocycles. The van der Waals surface area contributed by atoms with Gasteiger partial charge >= 0.3 is 5.97 Å². The minimum absolute atomic E-state index is 0.106. The molecule has 0 amide bonds. The fraction of sp³-hybridized carbons (Fsp3) is 0.103. The van der Waals surface area contributed by atoms with E-state index in [4.69, 9.17) is 4.74 Å². The summed E-state index contributed by atoms with van der Waals surface area (Å²) in [5.41, 5.74) is 2.48. The molecule has 0 spiro atoms. The van der Waals surface area contributed by atoms with E-state index in [-0.39, 0.29) is 15.6 Å². The molecule has 6 nitrogen and oxygen atoms in total. The first-order valence-electron chi connectivity index (χ1n) is 11.4. The number of carbonyl (C=O) groups is 1. The number of rotatable bonds is 6. The van der Waals surface area contributed by atoms with Crippen molar-refractivity contribution in [3.05, 3.63) is 120 Å². The number of sulfone groups is 1. The number of nitrogens with zero attached hydrogens (tertiary/aromatic N) is 2. The first-order chi connectivity index (χ1) is 17.4. The number of benzene rings is 4. The number of methoxy groups -OCH3 is 1. The molecule has 1 atom stereocenters. The summed E-state index contributed by atoms with van der Waals surface area (Å²) in [6.45, 7) is 1.89. The Morgan fingerprint density at radius 1 is 0.861 bits per heavy atom. The van der Waals surface area contributed by atoms with Gasteiger partial charge in [0.15, 0.2) is 5.03 Å². The van der Waals surface area contributed by atoms with Gasteiger partial charge in [-0.3, -0.25) is 4.79 Å². The predicted octanol–water partition coefficient (Wildman–Crippen LogP) is 5.47. The van der Waals surface area contributed by atoms with Crippen molar-refractivity contribution in [1.29, 1.82) is 0 Å². The van der Waals surface area contributed by atoms with Crippen molar-refractivity contribution in [2.75, 3.05) is 7.11 Å². The summed E-state index contributed by atoms with van der Waals surface area (Å²) in [7, 11) is -2.76. The highest BCUT2D eigenvalue weighted by atomic mass is 32.2. The molecule has 0 aliphatic rings. The van der Waals surface area contributed by atoms with E-state index in [0.29, 0.717) is 11.3 Å². The highest BCUT2D eigenvalue weighted by Crippen LogP contribution is 2.36. The topological polar surface area (TPSA) is 78.3 Å². The Hall–Kier alpha value is -4.23. The van der Waals surface area contributed by atoms with Gasteiger partial charge in [0.05, 0.1) is 23.4 Å². The van der Waals surface area contributed by atoms with Gasteiger partial charge in [-0.2, -0.15) is 0 Å². The van der Waals surface area contributed by atoms with Crippen LogP contribution in [0.25, 0.3) is 16.5 Å². The Labute approximate surface area is 209 Å². The lowest BCUT2D eigenvalue weighted by Crippen LogP contribution is -2.21. The summed E-state index contributed by atoms with van der Waals surface area (Å²) in [6.07, 6.45) is 1.47. The zero-order chi connectivity index (χ0) is 25.3. The van der Waals surface area contributed by atoms with E-state index in [1.165, 1.54) is 13.4 Å². The maximum absolute atomic E-state index is 13.9. The van der Waals surface area contributed by atoms with Crippen LogP contribution in [0.3, 0.4) is 0 Å². The third-order valence-corrected chi connectivity index (χ3v) is 7.94. The quantitative estimate of drug-likeness (QED) is 0.291. The molecule has 0 aliphatic carbocycles. The number of imidazole rings is 1. The van der Waals surface area contributed by atoms with Crippen molar-refractivity contribution >= 4 is 26.6 Å². The molecule has 7 heteroatoms. The lowest BCUT2D eigenvalue weighted by atomic mass is 9.95. The molecule has 36 heavy (non-hydrogen) atoms. The van der Waals surface area contributed by atoms with E-state index >= 15 is 0 Å². The van der Waals surface area contributed by atoms with Crippen molar-refractivity contribution in [3.63, 3.8) is 0 Å². The van der Waals surface area contributed by atoms with E-state index in [9.17, 15) is 13.2 Å². The summed E-state index contributed by atoms with van der Waals surface area (Å²) in [6, 6.07) is 29.2. The second kappa shape index (κ2) is 9.43. The van der Waals surface area contributed by atoms with Crippen LogP contribution in [0.5, 0.6) is 0 Å². The van der Waals surface area contributed by atoms with E-state index in [2.05, 4.69) is 4.98 Å². The van der Waals surface area contributed by atoms with E-state index < -0.39 is 21.7 Å². The van der Waals surface area contributed by atoms with Gasteiger partial charge < -0.3 is 9.30 Å². The molecular formula is C29H24N2O4S. The van der Waals surface area contributed by atoms with Crippen LogP contribution in [0.1, 0.15) is 22.7 Å². The number of fused-ring (bicyclic) bond motifs is 1. The number of carbonyl (C=O) groups excluding carboxylic acids is 1. The Balaban J connectivity index is 1.84. The molecule has 0 bridgehead atoms. The second-order valence-corrected chi connectivity index (χ2v) is 10.4. The largest absolute Gasteiger partial charge is 0.468 e. The van der Waals surface area contributed by atoms with Crippen molar-refractivity contribution in [2.24, 2.45) is 0 Å². The van der Waals surface area contributed by atoms with Crippen molar-refractivity contribution < 1.29 is 17.9 Å². The zero-order valence-corrected chi connectivity index (χ0v) is 20.6. The van der Waals surface area contributed by atoms with Gasteiger partial charge in [-0.25, -0.2) is 13.4 Å².